The molecule has 1 aliphatic rings. The van der Waals surface area contributed by atoms with Crippen molar-refractivity contribution in [1.29, 1.82) is 0 Å². The van der Waals surface area contributed by atoms with E-state index < -0.39 is 23.1 Å². The average Bonchev–Trinajstić information content (AvgIpc) is 2.95. The molecule has 0 heterocycles. The summed E-state index contributed by atoms with van der Waals surface area (Å²) in [6, 6.07) is 11.3. The van der Waals surface area contributed by atoms with Crippen LogP contribution in [0.5, 0.6) is 5.75 Å². The predicted octanol–water partition coefficient (Wildman–Crippen LogP) is 3.03. The molecule has 1 aliphatic carbocycles. The quantitative estimate of drug-likeness (QED) is 0.875. The van der Waals surface area contributed by atoms with Gasteiger partial charge in [0.2, 0.25) is 5.91 Å². The molecule has 2 aromatic rings. The molecule has 0 aliphatic heterocycles. The zero-order valence-corrected chi connectivity index (χ0v) is 13.7. The molecule has 0 unspecified atom stereocenters. The van der Waals surface area contributed by atoms with E-state index >= 15 is 0 Å². The Bertz CT molecular complexity index is 809. The number of hydrogen-bond acceptors (Lipinski definition) is 3. The van der Waals surface area contributed by atoms with Crippen molar-refractivity contribution in [3.05, 3.63) is 59.4 Å². The Morgan fingerprint density at radius 1 is 1.20 bits per heavy atom. The van der Waals surface area contributed by atoms with Crippen molar-refractivity contribution < 1.29 is 23.8 Å². The number of fused-ring (bicyclic) bond motifs is 1. The van der Waals surface area contributed by atoms with Gasteiger partial charge in [0.25, 0.3) is 0 Å². The van der Waals surface area contributed by atoms with Crippen molar-refractivity contribution in [2.45, 2.75) is 19.3 Å². The second kappa shape index (κ2) is 6.55. The van der Waals surface area contributed by atoms with Crippen LogP contribution in [0, 0.1) is 11.2 Å². The molecule has 2 N–H and O–H groups in total. The van der Waals surface area contributed by atoms with E-state index in [1.165, 1.54) is 19.2 Å². The van der Waals surface area contributed by atoms with Gasteiger partial charge >= 0.3 is 5.97 Å². The second-order valence-corrected chi connectivity index (χ2v) is 6.28. The summed E-state index contributed by atoms with van der Waals surface area (Å²) >= 11 is 0. The van der Waals surface area contributed by atoms with Gasteiger partial charge in [-0.1, -0.05) is 24.3 Å². The van der Waals surface area contributed by atoms with Crippen molar-refractivity contribution in [2.24, 2.45) is 5.41 Å². The highest BCUT2D eigenvalue weighted by Crippen LogP contribution is 2.40. The van der Waals surface area contributed by atoms with Crippen LogP contribution in [-0.2, 0) is 22.4 Å². The number of ether oxygens (including phenoxy) is 1. The van der Waals surface area contributed by atoms with Crippen molar-refractivity contribution in [1.82, 2.24) is 0 Å². The summed E-state index contributed by atoms with van der Waals surface area (Å²) in [5.74, 6) is -1.74. The topological polar surface area (TPSA) is 75.6 Å². The highest BCUT2D eigenvalue weighted by Gasteiger charge is 2.45. The lowest BCUT2D eigenvalue weighted by Gasteiger charge is -2.23. The third-order valence-electron chi connectivity index (χ3n) is 4.57. The van der Waals surface area contributed by atoms with Crippen LogP contribution in [0.15, 0.2) is 42.5 Å². The number of hydrogen-bond donors (Lipinski definition) is 2. The number of aliphatic carboxylic acids is 1. The lowest BCUT2D eigenvalue weighted by atomic mass is 9.81. The SMILES string of the molecule is COc1cc(F)ccc1NC(=O)CC1(C(=O)O)Cc2ccccc2C1. The molecule has 0 atom stereocenters. The number of carbonyl (C=O) groups is 2. The first-order chi connectivity index (χ1) is 11.9. The number of amides is 1. The van der Waals surface area contributed by atoms with Gasteiger partial charge in [-0.25, -0.2) is 4.39 Å². The van der Waals surface area contributed by atoms with Crippen LogP contribution in [-0.4, -0.2) is 24.1 Å². The molecule has 25 heavy (non-hydrogen) atoms. The Labute approximate surface area is 144 Å². The van der Waals surface area contributed by atoms with Gasteiger partial charge in [0.1, 0.15) is 11.6 Å². The zero-order valence-electron chi connectivity index (χ0n) is 13.7. The second-order valence-electron chi connectivity index (χ2n) is 6.28. The number of halogens is 1. The van der Waals surface area contributed by atoms with Crippen molar-refractivity contribution >= 4 is 17.6 Å². The molecule has 0 bridgehead atoms. The number of anilines is 1. The van der Waals surface area contributed by atoms with Crippen molar-refractivity contribution in [3.8, 4) is 5.75 Å². The van der Waals surface area contributed by atoms with Crippen molar-refractivity contribution in [2.75, 3.05) is 12.4 Å². The number of rotatable bonds is 5. The summed E-state index contributed by atoms with van der Waals surface area (Å²) in [4.78, 5) is 24.4. The maximum atomic E-state index is 13.2. The van der Waals surface area contributed by atoms with Gasteiger partial charge in [-0.2, -0.15) is 0 Å². The molecule has 3 rings (SSSR count). The molecular formula is C19H18FNO4. The lowest BCUT2D eigenvalue weighted by molar-refractivity contribution is -0.150. The largest absolute Gasteiger partial charge is 0.494 e. The zero-order chi connectivity index (χ0) is 18.0. The number of carboxylic acids is 1. The van der Waals surface area contributed by atoms with E-state index in [1.54, 1.807) is 0 Å². The van der Waals surface area contributed by atoms with E-state index in [1.807, 2.05) is 24.3 Å². The van der Waals surface area contributed by atoms with Gasteiger partial charge in [-0.15, -0.1) is 0 Å². The van der Waals surface area contributed by atoms with Gasteiger partial charge in [0.05, 0.1) is 18.2 Å². The molecule has 1 amide bonds. The highest BCUT2D eigenvalue weighted by atomic mass is 19.1. The van der Waals surface area contributed by atoms with Crippen LogP contribution in [0.1, 0.15) is 17.5 Å². The summed E-state index contributed by atoms with van der Waals surface area (Å²) in [5.41, 5.74) is 1.06. The van der Waals surface area contributed by atoms with Crippen LogP contribution >= 0.6 is 0 Å². The van der Waals surface area contributed by atoms with Gasteiger partial charge in [-0.3, -0.25) is 9.59 Å². The molecule has 5 nitrogen and oxygen atoms in total. The fourth-order valence-electron chi connectivity index (χ4n) is 3.32. The Kier molecular flexibility index (Phi) is 4.44. The number of carboxylic acid groups (broad SMARTS) is 1. The fraction of sp³-hybridized carbons (Fsp3) is 0.263. The monoisotopic (exact) mass is 343 g/mol. The molecule has 0 radical (unpaired) electrons. The summed E-state index contributed by atoms with van der Waals surface area (Å²) in [6.45, 7) is 0. The van der Waals surface area contributed by atoms with E-state index in [0.29, 0.717) is 18.5 Å². The third kappa shape index (κ3) is 3.33. The standard InChI is InChI=1S/C19H18FNO4/c1-25-16-8-14(20)6-7-15(16)21-17(22)11-19(18(23)24)9-12-4-2-3-5-13(12)10-19/h2-8H,9-11H2,1H3,(H,21,22)(H,23,24). The van der Waals surface area contributed by atoms with Crippen molar-refractivity contribution in [3.63, 3.8) is 0 Å². The molecule has 0 saturated heterocycles. The molecular weight excluding hydrogens is 325 g/mol. The molecule has 0 fully saturated rings. The van der Waals surface area contributed by atoms with Gasteiger partial charge in [0.15, 0.2) is 0 Å². The van der Waals surface area contributed by atoms with E-state index in [0.717, 1.165) is 17.2 Å². The molecule has 0 aromatic heterocycles. The van der Waals surface area contributed by atoms with Crippen LogP contribution in [0.4, 0.5) is 10.1 Å². The fourth-order valence-corrected chi connectivity index (χ4v) is 3.32. The molecule has 0 spiro atoms. The number of nitrogens with one attached hydrogen (secondary N) is 1. The summed E-state index contributed by atoms with van der Waals surface area (Å²) in [5, 5.41) is 12.4. The normalized spacial score (nSPS) is 14.6. The smallest absolute Gasteiger partial charge is 0.310 e. The Balaban J connectivity index is 1.78. The Morgan fingerprint density at radius 3 is 2.40 bits per heavy atom. The van der Waals surface area contributed by atoms with Crippen LogP contribution in [0.3, 0.4) is 0 Å². The predicted molar refractivity (Wildman–Crippen MR) is 90.1 cm³/mol. The van der Waals surface area contributed by atoms with Gasteiger partial charge < -0.3 is 15.2 Å². The first kappa shape index (κ1) is 17.0. The summed E-state index contributed by atoms with van der Waals surface area (Å²) in [6.07, 6.45) is 0.455. The summed E-state index contributed by atoms with van der Waals surface area (Å²) < 4.78 is 18.3. The molecule has 130 valence electrons. The molecule has 2 aromatic carbocycles. The number of carbonyl (C=O) groups excluding carboxylic acids is 1. The Hall–Kier alpha value is -2.89. The van der Waals surface area contributed by atoms with Gasteiger partial charge in [0, 0.05) is 12.5 Å². The lowest BCUT2D eigenvalue weighted by Crippen LogP contribution is -2.36. The third-order valence-corrected chi connectivity index (χ3v) is 4.57. The maximum absolute atomic E-state index is 13.2. The molecule has 6 heteroatoms. The van der Waals surface area contributed by atoms with Crippen LogP contribution in [0.2, 0.25) is 0 Å². The number of benzene rings is 2. The van der Waals surface area contributed by atoms with E-state index in [9.17, 15) is 19.1 Å². The molecule has 0 saturated carbocycles. The van der Waals surface area contributed by atoms with Crippen LogP contribution in [0.25, 0.3) is 0 Å². The highest BCUT2D eigenvalue weighted by molar-refractivity contribution is 5.95. The maximum Gasteiger partial charge on any atom is 0.310 e. The van der Waals surface area contributed by atoms with Crippen LogP contribution < -0.4 is 10.1 Å². The van der Waals surface area contributed by atoms with Gasteiger partial charge in [-0.05, 0) is 36.1 Å². The first-order valence-corrected chi connectivity index (χ1v) is 7.87. The minimum Gasteiger partial charge on any atom is -0.494 e. The Morgan fingerprint density at radius 2 is 1.84 bits per heavy atom. The van der Waals surface area contributed by atoms with E-state index in [-0.39, 0.29) is 12.2 Å². The number of methoxy groups -OCH3 is 1. The minimum absolute atomic E-state index is 0.169. The first-order valence-electron chi connectivity index (χ1n) is 7.87. The van der Waals surface area contributed by atoms with E-state index in [2.05, 4.69) is 5.32 Å². The average molecular weight is 343 g/mol. The van der Waals surface area contributed by atoms with E-state index in [4.69, 9.17) is 4.74 Å². The minimum atomic E-state index is -1.17. The summed E-state index contributed by atoms with van der Waals surface area (Å²) in [7, 11) is 1.37.